The van der Waals surface area contributed by atoms with E-state index in [2.05, 4.69) is 10.0 Å². The SMILES string of the molecule is Cc1ccccc1NC(=O)COc1ccc(S(=O)(=O)Nc2ccccc2)cc1C. The minimum Gasteiger partial charge on any atom is -0.483 e. The third-order valence-electron chi connectivity index (χ3n) is 4.26. The van der Waals surface area contributed by atoms with Gasteiger partial charge in [0.05, 0.1) is 4.90 Å². The van der Waals surface area contributed by atoms with Crippen molar-refractivity contribution >= 4 is 27.3 Å². The Bertz CT molecular complexity index is 1110. The molecule has 0 aromatic heterocycles. The minimum absolute atomic E-state index is 0.121. The number of para-hydroxylation sites is 2. The van der Waals surface area contributed by atoms with E-state index >= 15 is 0 Å². The molecule has 0 heterocycles. The first-order valence-electron chi connectivity index (χ1n) is 9.02. The Kier molecular flexibility index (Phi) is 6.19. The first kappa shape index (κ1) is 20.4. The summed E-state index contributed by atoms with van der Waals surface area (Å²) in [4.78, 5) is 12.3. The van der Waals surface area contributed by atoms with Gasteiger partial charge < -0.3 is 10.1 Å². The number of benzene rings is 3. The Hall–Kier alpha value is -3.32. The van der Waals surface area contributed by atoms with E-state index < -0.39 is 10.0 Å². The molecule has 29 heavy (non-hydrogen) atoms. The van der Waals surface area contributed by atoms with Gasteiger partial charge in [-0.05, 0) is 61.4 Å². The summed E-state index contributed by atoms with van der Waals surface area (Å²) < 4.78 is 33.2. The van der Waals surface area contributed by atoms with Gasteiger partial charge in [-0.25, -0.2) is 8.42 Å². The maximum atomic E-state index is 12.6. The number of hydrogen-bond donors (Lipinski definition) is 2. The zero-order valence-electron chi connectivity index (χ0n) is 16.2. The number of nitrogens with one attached hydrogen (secondary N) is 2. The summed E-state index contributed by atoms with van der Waals surface area (Å²) >= 11 is 0. The number of anilines is 2. The largest absolute Gasteiger partial charge is 0.483 e. The molecule has 7 heteroatoms. The van der Waals surface area contributed by atoms with Crippen LogP contribution in [0.5, 0.6) is 5.75 Å². The topological polar surface area (TPSA) is 84.5 Å². The number of sulfonamides is 1. The maximum Gasteiger partial charge on any atom is 0.262 e. The average molecular weight is 410 g/mol. The van der Waals surface area contributed by atoms with E-state index in [9.17, 15) is 13.2 Å². The zero-order valence-corrected chi connectivity index (χ0v) is 17.0. The molecule has 0 aliphatic carbocycles. The lowest BCUT2D eigenvalue weighted by Crippen LogP contribution is -2.21. The van der Waals surface area contributed by atoms with Crippen molar-refractivity contribution in [3.05, 3.63) is 83.9 Å². The molecule has 1 amide bonds. The molecule has 0 radical (unpaired) electrons. The fraction of sp³-hybridized carbons (Fsp3) is 0.136. The molecule has 150 valence electrons. The molecule has 0 fully saturated rings. The summed E-state index contributed by atoms with van der Waals surface area (Å²) in [6.07, 6.45) is 0. The van der Waals surface area contributed by atoms with Crippen LogP contribution >= 0.6 is 0 Å². The van der Waals surface area contributed by atoms with Gasteiger partial charge in [0.1, 0.15) is 5.75 Å². The summed E-state index contributed by atoms with van der Waals surface area (Å²) in [5.41, 5.74) is 2.78. The number of carbonyl (C=O) groups excluding carboxylic acids is 1. The van der Waals surface area contributed by atoms with Gasteiger partial charge in [-0.1, -0.05) is 36.4 Å². The Balaban J connectivity index is 1.65. The predicted octanol–water partition coefficient (Wildman–Crippen LogP) is 4.12. The van der Waals surface area contributed by atoms with Crippen molar-refractivity contribution in [2.45, 2.75) is 18.7 Å². The molecule has 3 rings (SSSR count). The highest BCUT2D eigenvalue weighted by Crippen LogP contribution is 2.23. The van der Waals surface area contributed by atoms with Crippen LogP contribution in [0.2, 0.25) is 0 Å². The highest BCUT2D eigenvalue weighted by Gasteiger charge is 2.16. The van der Waals surface area contributed by atoms with Crippen molar-refractivity contribution in [3.63, 3.8) is 0 Å². The summed E-state index contributed by atoms with van der Waals surface area (Å²) in [6.45, 7) is 3.46. The first-order valence-corrected chi connectivity index (χ1v) is 10.5. The second-order valence-electron chi connectivity index (χ2n) is 6.55. The monoisotopic (exact) mass is 410 g/mol. The predicted molar refractivity (Wildman–Crippen MR) is 114 cm³/mol. The lowest BCUT2D eigenvalue weighted by atomic mass is 10.2. The van der Waals surface area contributed by atoms with Crippen molar-refractivity contribution in [3.8, 4) is 5.75 Å². The van der Waals surface area contributed by atoms with Crippen LogP contribution in [0.15, 0.2) is 77.7 Å². The van der Waals surface area contributed by atoms with Crippen molar-refractivity contribution in [1.29, 1.82) is 0 Å². The zero-order chi connectivity index (χ0) is 20.9. The second-order valence-corrected chi connectivity index (χ2v) is 8.23. The average Bonchev–Trinajstić information content (AvgIpc) is 2.69. The number of aryl methyl sites for hydroxylation is 2. The number of carbonyl (C=O) groups is 1. The van der Waals surface area contributed by atoms with E-state index in [1.165, 1.54) is 12.1 Å². The van der Waals surface area contributed by atoms with E-state index in [1.54, 1.807) is 37.3 Å². The van der Waals surface area contributed by atoms with Crippen LogP contribution in [-0.2, 0) is 14.8 Å². The Morgan fingerprint density at radius 3 is 2.28 bits per heavy atom. The van der Waals surface area contributed by atoms with Crippen LogP contribution in [0.1, 0.15) is 11.1 Å². The third kappa shape index (κ3) is 5.36. The smallest absolute Gasteiger partial charge is 0.262 e. The van der Waals surface area contributed by atoms with Crippen LogP contribution in [0.3, 0.4) is 0 Å². The molecule has 3 aromatic carbocycles. The number of amides is 1. The number of ether oxygens (including phenoxy) is 1. The van der Waals surface area contributed by atoms with E-state index in [0.717, 1.165) is 11.3 Å². The molecular formula is C22H22N2O4S. The fourth-order valence-corrected chi connectivity index (χ4v) is 3.86. The maximum absolute atomic E-state index is 12.6. The first-order chi connectivity index (χ1) is 13.8. The standard InChI is InChI=1S/C22H22N2O4S/c1-16-8-6-7-11-20(16)23-22(25)15-28-21-13-12-19(14-17(21)2)29(26,27)24-18-9-4-3-5-10-18/h3-14,24H,15H2,1-2H3,(H,23,25). The lowest BCUT2D eigenvalue weighted by molar-refractivity contribution is -0.118. The van der Waals surface area contributed by atoms with E-state index in [-0.39, 0.29) is 17.4 Å². The number of hydrogen-bond acceptors (Lipinski definition) is 4. The van der Waals surface area contributed by atoms with Crippen molar-refractivity contribution in [2.24, 2.45) is 0 Å². The Morgan fingerprint density at radius 2 is 1.59 bits per heavy atom. The number of rotatable bonds is 7. The van der Waals surface area contributed by atoms with Crippen molar-refractivity contribution in [1.82, 2.24) is 0 Å². The van der Waals surface area contributed by atoms with Crippen LogP contribution in [0.25, 0.3) is 0 Å². The summed E-state index contributed by atoms with van der Waals surface area (Å²) in [6, 6.07) is 20.6. The van der Waals surface area contributed by atoms with Crippen LogP contribution in [0.4, 0.5) is 11.4 Å². The normalized spacial score (nSPS) is 11.0. The minimum atomic E-state index is -3.71. The molecule has 0 saturated heterocycles. The molecule has 0 bridgehead atoms. The van der Waals surface area contributed by atoms with Crippen LogP contribution in [-0.4, -0.2) is 20.9 Å². The van der Waals surface area contributed by atoms with Crippen molar-refractivity contribution < 1.29 is 17.9 Å². The summed E-state index contributed by atoms with van der Waals surface area (Å²) in [5, 5.41) is 2.79. The molecule has 2 N–H and O–H groups in total. The van der Waals surface area contributed by atoms with Gasteiger partial charge in [0.2, 0.25) is 0 Å². The fourth-order valence-electron chi connectivity index (χ4n) is 2.71. The molecule has 0 atom stereocenters. The Labute approximate surface area is 170 Å². The molecular weight excluding hydrogens is 388 g/mol. The Morgan fingerprint density at radius 1 is 0.897 bits per heavy atom. The molecule has 0 aliphatic rings. The van der Waals surface area contributed by atoms with Crippen molar-refractivity contribution in [2.75, 3.05) is 16.6 Å². The quantitative estimate of drug-likeness (QED) is 0.614. The highest BCUT2D eigenvalue weighted by atomic mass is 32.2. The molecule has 0 aliphatic heterocycles. The van der Waals surface area contributed by atoms with Crippen LogP contribution < -0.4 is 14.8 Å². The van der Waals surface area contributed by atoms with E-state index in [4.69, 9.17) is 4.74 Å². The second kappa shape index (κ2) is 8.79. The van der Waals surface area contributed by atoms with Gasteiger partial charge in [0.25, 0.3) is 15.9 Å². The summed E-state index contributed by atoms with van der Waals surface area (Å²) in [5.74, 6) is 0.157. The van der Waals surface area contributed by atoms with Gasteiger partial charge in [-0.3, -0.25) is 9.52 Å². The molecule has 0 saturated carbocycles. The van der Waals surface area contributed by atoms with Gasteiger partial charge in [0, 0.05) is 11.4 Å². The molecule has 3 aromatic rings. The van der Waals surface area contributed by atoms with Crippen LogP contribution in [0, 0.1) is 13.8 Å². The van der Waals surface area contributed by atoms with Gasteiger partial charge >= 0.3 is 0 Å². The van der Waals surface area contributed by atoms with Gasteiger partial charge in [-0.2, -0.15) is 0 Å². The molecule has 6 nitrogen and oxygen atoms in total. The van der Waals surface area contributed by atoms with E-state index in [0.29, 0.717) is 17.0 Å². The molecule has 0 unspecified atom stereocenters. The van der Waals surface area contributed by atoms with Gasteiger partial charge in [0.15, 0.2) is 6.61 Å². The lowest BCUT2D eigenvalue weighted by Gasteiger charge is -2.13. The van der Waals surface area contributed by atoms with E-state index in [1.807, 2.05) is 37.3 Å². The highest BCUT2D eigenvalue weighted by molar-refractivity contribution is 7.92. The molecule has 0 spiro atoms. The third-order valence-corrected chi connectivity index (χ3v) is 5.64. The summed E-state index contributed by atoms with van der Waals surface area (Å²) in [7, 11) is -3.71. The van der Waals surface area contributed by atoms with Gasteiger partial charge in [-0.15, -0.1) is 0 Å².